The molecule has 0 amide bonds. The molecule has 0 unspecified atom stereocenters. The summed E-state index contributed by atoms with van der Waals surface area (Å²) in [6.45, 7) is 13.0. The van der Waals surface area contributed by atoms with Crippen molar-refractivity contribution in [2.45, 2.75) is 117 Å². The van der Waals surface area contributed by atoms with E-state index in [9.17, 15) is 14.7 Å². The average molecular weight is 731 g/mol. The van der Waals surface area contributed by atoms with Crippen LogP contribution in [0.25, 0.3) is 0 Å². The Morgan fingerprint density at radius 1 is 0.804 bits per heavy atom. The third-order valence-corrected chi connectivity index (χ3v) is 7.54. The molecule has 0 aliphatic carbocycles. The van der Waals surface area contributed by atoms with Gasteiger partial charge >= 0.3 is 11.9 Å². The molecule has 12 heteroatoms. The Balaban J connectivity index is 0.000000356. The molecule has 2 atom stereocenters. The van der Waals surface area contributed by atoms with Gasteiger partial charge < -0.3 is 33.8 Å². The largest absolute Gasteiger partial charge is 0.460 e. The molecule has 0 bridgehead atoms. The van der Waals surface area contributed by atoms with Gasteiger partial charge in [0.1, 0.15) is 23.0 Å². The Hall–Kier alpha value is -3.77. The van der Waals surface area contributed by atoms with Crippen molar-refractivity contribution >= 4 is 28.7 Å². The van der Waals surface area contributed by atoms with Crippen molar-refractivity contribution in [3.63, 3.8) is 0 Å². The molecule has 51 heavy (non-hydrogen) atoms. The highest BCUT2D eigenvalue weighted by atomic mass is 35.5. The van der Waals surface area contributed by atoms with Crippen molar-refractivity contribution in [1.82, 2.24) is 5.16 Å². The molecule has 0 aliphatic heterocycles. The molecule has 0 saturated heterocycles. The number of aliphatic hydroxyl groups is 1. The number of benzene rings is 2. The van der Waals surface area contributed by atoms with Crippen LogP contribution in [0.2, 0.25) is 0 Å². The molecule has 3 rings (SSSR count). The number of aromatic nitrogens is 1. The van der Waals surface area contributed by atoms with E-state index < -0.39 is 11.2 Å². The summed E-state index contributed by atoms with van der Waals surface area (Å²) in [6, 6.07) is 21.6. The van der Waals surface area contributed by atoms with Crippen molar-refractivity contribution in [3.8, 4) is 0 Å². The fraction of sp³-hybridized carbons (Fsp3) is 0.538. The summed E-state index contributed by atoms with van der Waals surface area (Å²) in [5.74, 6) is -0.749. The van der Waals surface area contributed by atoms with Crippen molar-refractivity contribution in [2.75, 3.05) is 13.2 Å². The lowest BCUT2D eigenvalue weighted by molar-refractivity contribution is -0.156. The van der Waals surface area contributed by atoms with Crippen molar-refractivity contribution in [1.29, 1.82) is 0 Å². The van der Waals surface area contributed by atoms with E-state index >= 15 is 0 Å². The summed E-state index contributed by atoms with van der Waals surface area (Å²) in [5, 5.41) is 25.1. The molecule has 2 aromatic carbocycles. The molecule has 0 fully saturated rings. The van der Waals surface area contributed by atoms with E-state index in [0.29, 0.717) is 57.1 Å². The van der Waals surface area contributed by atoms with Gasteiger partial charge in [0.15, 0.2) is 5.76 Å². The van der Waals surface area contributed by atoms with Crippen LogP contribution in [0.3, 0.4) is 0 Å². The summed E-state index contributed by atoms with van der Waals surface area (Å²) in [7, 11) is 0. The number of esters is 2. The standard InChI is InChI=1S/C21H29NO5.C18H26ClNO4/c1-21(2,3)26-20(24)12-17(19-13-18(14-23)27-22-19)10-7-11-25-15-16-8-5-4-6-9-16;1-18(2,3)24-16(21)12-15(17(19)20-22)10-7-11-23-13-14-8-5-4-6-9-14/h4-6,8-9,13,17,23H,7,10-12,14-15H2,1-3H3;4-6,8-9,15,22H,7,10-13H2,1-3H3/b;20-17-/t17-;15-/m00/s1. The van der Waals surface area contributed by atoms with Gasteiger partial charge in [0.2, 0.25) is 0 Å². The zero-order chi connectivity index (χ0) is 37.7. The maximum atomic E-state index is 12.2. The predicted octanol–water partition coefficient (Wildman–Crippen LogP) is 8.34. The van der Waals surface area contributed by atoms with E-state index in [2.05, 4.69) is 10.3 Å². The number of carbonyl (C=O) groups is 2. The van der Waals surface area contributed by atoms with Crippen LogP contribution in [0, 0.1) is 5.92 Å². The van der Waals surface area contributed by atoms with Gasteiger partial charge in [-0.3, -0.25) is 9.59 Å². The first kappa shape index (κ1) is 43.4. The predicted molar refractivity (Wildman–Crippen MR) is 195 cm³/mol. The molecule has 0 saturated carbocycles. The Bertz CT molecular complexity index is 1430. The number of nitrogens with zero attached hydrogens (tertiary/aromatic N) is 2. The highest BCUT2D eigenvalue weighted by Gasteiger charge is 2.25. The van der Waals surface area contributed by atoms with E-state index in [-0.39, 0.29) is 48.4 Å². The van der Waals surface area contributed by atoms with E-state index in [1.165, 1.54) is 0 Å². The van der Waals surface area contributed by atoms with Gasteiger partial charge in [0, 0.05) is 31.1 Å². The lowest BCUT2D eigenvalue weighted by atomic mass is 9.95. The van der Waals surface area contributed by atoms with Gasteiger partial charge in [-0.05, 0) is 78.4 Å². The minimum Gasteiger partial charge on any atom is -0.460 e. The molecule has 3 aromatic rings. The molecule has 11 nitrogen and oxygen atoms in total. The number of hydrogen-bond acceptors (Lipinski definition) is 11. The molecule has 282 valence electrons. The van der Waals surface area contributed by atoms with Crippen LogP contribution in [0.1, 0.15) is 109 Å². The first-order valence-electron chi connectivity index (χ1n) is 17.3. The Kier molecular flexibility index (Phi) is 19.5. The monoisotopic (exact) mass is 730 g/mol. The second kappa shape index (κ2) is 22.9. The van der Waals surface area contributed by atoms with Crippen LogP contribution >= 0.6 is 11.6 Å². The number of aliphatic hydroxyl groups excluding tert-OH is 1. The fourth-order valence-corrected chi connectivity index (χ4v) is 5.08. The van der Waals surface area contributed by atoms with Crippen molar-refractivity contribution < 1.29 is 43.4 Å². The van der Waals surface area contributed by atoms with E-state index in [1.54, 1.807) is 26.8 Å². The third-order valence-electron chi connectivity index (χ3n) is 7.16. The van der Waals surface area contributed by atoms with E-state index in [4.69, 9.17) is 40.3 Å². The normalized spacial score (nSPS) is 13.1. The number of ether oxygens (including phenoxy) is 4. The average Bonchev–Trinajstić information content (AvgIpc) is 3.56. The summed E-state index contributed by atoms with van der Waals surface area (Å²) in [6.07, 6.45) is 3.07. The highest BCUT2D eigenvalue weighted by molar-refractivity contribution is 6.65. The SMILES string of the molecule is CC(C)(C)OC(=O)C[C@H](CCCOCc1ccccc1)/C(Cl)=N/O.CC(C)(C)OC(=O)C[C@H](CCCOCc1ccccc1)c1cc(CO)on1. The molecule has 0 aliphatic rings. The van der Waals surface area contributed by atoms with Gasteiger partial charge in [-0.2, -0.15) is 0 Å². The Morgan fingerprint density at radius 3 is 1.75 bits per heavy atom. The molecule has 2 N–H and O–H groups in total. The number of carbonyl (C=O) groups excluding carboxylic acids is 2. The third kappa shape index (κ3) is 20.0. The lowest BCUT2D eigenvalue weighted by Gasteiger charge is -2.21. The molecule has 0 spiro atoms. The van der Waals surface area contributed by atoms with Gasteiger partial charge in [0.05, 0.1) is 31.7 Å². The quantitative estimate of drug-likeness (QED) is 0.0405. The van der Waals surface area contributed by atoms with Crippen molar-refractivity contribution in [2.24, 2.45) is 11.1 Å². The number of halogens is 1. The zero-order valence-corrected chi connectivity index (χ0v) is 31.6. The maximum absolute atomic E-state index is 12.2. The topological polar surface area (TPSA) is 150 Å². The smallest absolute Gasteiger partial charge is 0.307 e. The molecule has 0 radical (unpaired) electrons. The van der Waals surface area contributed by atoms with Crippen LogP contribution in [0.4, 0.5) is 0 Å². The van der Waals surface area contributed by atoms with Crippen LogP contribution < -0.4 is 0 Å². The van der Waals surface area contributed by atoms with E-state index in [0.717, 1.165) is 17.5 Å². The number of hydrogen-bond donors (Lipinski definition) is 2. The number of oxime groups is 1. The molecule has 1 heterocycles. The minimum absolute atomic E-state index is 0.0175. The van der Waals surface area contributed by atoms with E-state index in [1.807, 2.05) is 81.4 Å². The van der Waals surface area contributed by atoms with Gasteiger partial charge in [-0.1, -0.05) is 82.6 Å². The zero-order valence-electron chi connectivity index (χ0n) is 30.8. The Morgan fingerprint density at radius 2 is 1.29 bits per heavy atom. The maximum Gasteiger partial charge on any atom is 0.307 e. The van der Waals surface area contributed by atoms with Crippen LogP contribution in [0.5, 0.6) is 0 Å². The summed E-state index contributed by atoms with van der Waals surface area (Å²) < 4.78 is 27.1. The number of rotatable bonds is 19. The van der Waals surface area contributed by atoms with Crippen LogP contribution in [-0.2, 0) is 48.4 Å². The minimum atomic E-state index is -0.552. The second-order valence-electron chi connectivity index (χ2n) is 14.1. The summed E-state index contributed by atoms with van der Waals surface area (Å²) in [5.41, 5.74) is 1.82. The first-order valence-corrected chi connectivity index (χ1v) is 17.7. The second-order valence-corrected chi connectivity index (χ2v) is 14.5. The molecular formula is C39H55ClN2O9. The van der Waals surface area contributed by atoms with Gasteiger partial charge in [-0.25, -0.2) is 0 Å². The lowest BCUT2D eigenvalue weighted by Crippen LogP contribution is -2.26. The van der Waals surface area contributed by atoms with Gasteiger partial charge in [-0.15, -0.1) is 0 Å². The highest BCUT2D eigenvalue weighted by Crippen LogP contribution is 2.27. The Labute approximate surface area is 307 Å². The van der Waals surface area contributed by atoms with Crippen molar-refractivity contribution in [3.05, 3.63) is 89.3 Å². The first-order chi connectivity index (χ1) is 24.2. The summed E-state index contributed by atoms with van der Waals surface area (Å²) >= 11 is 5.91. The van der Waals surface area contributed by atoms with Crippen LogP contribution in [0.15, 0.2) is 76.4 Å². The summed E-state index contributed by atoms with van der Waals surface area (Å²) in [4.78, 5) is 24.1. The molecular weight excluding hydrogens is 676 g/mol. The van der Waals surface area contributed by atoms with Gasteiger partial charge in [0.25, 0.3) is 0 Å². The molecule has 1 aromatic heterocycles. The van der Waals surface area contributed by atoms with Crippen LogP contribution in [-0.4, -0.2) is 57.0 Å². The fourth-order valence-electron chi connectivity index (χ4n) is 4.90.